The Bertz CT molecular complexity index is 2930. The summed E-state index contributed by atoms with van der Waals surface area (Å²) < 4.78 is 4.36. The molecule has 2 aromatic heterocycles. The molecule has 0 saturated carbocycles. The van der Waals surface area contributed by atoms with E-state index in [9.17, 15) is 15.8 Å². The summed E-state index contributed by atoms with van der Waals surface area (Å²) in [5.74, 6) is 0. The molecule has 51 heavy (non-hydrogen) atoms. The van der Waals surface area contributed by atoms with Crippen molar-refractivity contribution < 1.29 is 0 Å². The summed E-state index contributed by atoms with van der Waals surface area (Å²) in [6.07, 6.45) is 5.94. The Kier molecular flexibility index (Phi) is 7.62. The predicted octanol–water partition coefficient (Wildman–Crippen LogP) is 11.2. The van der Waals surface area contributed by atoms with Crippen molar-refractivity contribution in [3.05, 3.63) is 180 Å². The van der Waals surface area contributed by atoms with E-state index in [2.05, 4.69) is 70.3 Å². The molecule has 0 aliphatic rings. The van der Waals surface area contributed by atoms with Crippen LogP contribution in [0.2, 0.25) is 0 Å². The first-order valence-electron chi connectivity index (χ1n) is 16.6. The second kappa shape index (κ2) is 12.6. The van der Waals surface area contributed by atoms with Crippen LogP contribution in [0.5, 0.6) is 0 Å². The molecular weight excluding hydrogens is 623 g/mol. The number of para-hydroxylation sites is 3. The molecule has 8 aromatic rings. The number of benzene rings is 6. The minimum Gasteiger partial charge on any atom is -0.309 e. The standard InChI is InChI=1S/C46H29N5/c1-3-12-35(36-14-5-8-17-40(36)50-41-18-9-6-15-37(41)39-25-30(27-47)21-24-43(39)50)34(4-2)31-22-23-32(28-48)45(26-31)51-42-19-10-7-16-38(42)46-33(29-49)13-11-20-44(46)51/h3-26H,1H2,2H3/b34-4-,35-12+. The summed E-state index contributed by atoms with van der Waals surface area (Å²) in [5, 5.41) is 34.0. The van der Waals surface area contributed by atoms with Gasteiger partial charge in [-0.05, 0) is 84.3 Å². The topological polar surface area (TPSA) is 81.2 Å². The second-order valence-corrected chi connectivity index (χ2v) is 12.2. The highest BCUT2D eigenvalue weighted by Gasteiger charge is 2.21. The molecule has 0 N–H and O–H groups in total. The van der Waals surface area contributed by atoms with Crippen molar-refractivity contribution in [3.63, 3.8) is 0 Å². The van der Waals surface area contributed by atoms with E-state index in [1.165, 1.54) is 0 Å². The van der Waals surface area contributed by atoms with Crippen LogP contribution >= 0.6 is 0 Å². The van der Waals surface area contributed by atoms with Crippen molar-refractivity contribution >= 4 is 54.8 Å². The van der Waals surface area contributed by atoms with E-state index in [0.717, 1.165) is 77.3 Å². The zero-order valence-electron chi connectivity index (χ0n) is 27.8. The molecule has 0 amide bonds. The summed E-state index contributed by atoms with van der Waals surface area (Å²) in [5.41, 5.74) is 11.1. The predicted molar refractivity (Wildman–Crippen MR) is 208 cm³/mol. The number of fused-ring (bicyclic) bond motifs is 6. The number of nitriles is 3. The van der Waals surface area contributed by atoms with Crippen LogP contribution in [0.15, 0.2) is 152 Å². The van der Waals surface area contributed by atoms with Gasteiger partial charge in [-0.1, -0.05) is 91.5 Å². The van der Waals surface area contributed by atoms with Gasteiger partial charge >= 0.3 is 0 Å². The maximum atomic E-state index is 10.4. The third-order valence-electron chi connectivity index (χ3n) is 9.59. The molecule has 8 rings (SSSR count). The lowest BCUT2D eigenvalue weighted by molar-refractivity contribution is 1.16. The fourth-order valence-electron chi connectivity index (χ4n) is 7.47. The summed E-state index contributed by atoms with van der Waals surface area (Å²) >= 11 is 0. The van der Waals surface area contributed by atoms with Crippen LogP contribution in [0.3, 0.4) is 0 Å². The van der Waals surface area contributed by atoms with Gasteiger partial charge < -0.3 is 9.13 Å². The van der Waals surface area contributed by atoms with Crippen LogP contribution in [0.1, 0.15) is 34.7 Å². The maximum Gasteiger partial charge on any atom is 0.101 e. The van der Waals surface area contributed by atoms with Gasteiger partial charge in [0.1, 0.15) is 6.07 Å². The number of allylic oxidation sites excluding steroid dienone is 5. The SMILES string of the molecule is C=C/C=C(\C(=C/C)c1ccc(C#N)c(-n2c3ccccc3c3c(C#N)cccc32)c1)c1ccccc1-n1c2ccccc2c2cc(C#N)ccc21. The van der Waals surface area contributed by atoms with Crippen LogP contribution in [-0.2, 0) is 0 Å². The van der Waals surface area contributed by atoms with Crippen LogP contribution < -0.4 is 0 Å². The van der Waals surface area contributed by atoms with Crippen molar-refractivity contribution in [1.29, 1.82) is 15.8 Å². The highest BCUT2D eigenvalue weighted by atomic mass is 15.0. The molecule has 0 saturated heterocycles. The van der Waals surface area contributed by atoms with Gasteiger partial charge in [0.05, 0.1) is 62.3 Å². The van der Waals surface area contributed by atoms with E-state index in [0.29, 0.717) is 16.7 Å². The first-order valence-corrected chi connectivity index (χ1v) is 16.6. The van der Waals surface area contributed by atoms with E-state index in [1.807, 2.05) is 116 Å². The van der Waals surface area contributed by atoms with Crippen molar-refractivity contribution in [2.75, 3.05) is 0 Å². The molecule has 2 heterocycles. The van der Waals surface area contributed by atoms with Crippen LogP contribution in [0.4, 0.5) is 0 Å². The molecule has 0 radical (unpaired) electrons. The fourth-order valence-corrected chi connectivity index (χ4v) is 7.47. The van der Waals surface area contributed by atoms with Gasteiger partial charge in [-0.25, -0.2) is 0 Å². The number of hydrogen-bond acceptors (Lipinski definition) is 3. The van der Waals surface area contributed by atoms with E-state index in [-0.39, 0.29) is 0 Å². The molecular formula is C46H29N5. The normalized spacial score (nSPS) is 11.9. The summed E-state index contributed by atoms with van der Waals surface area (Å²) in [6.45, 7) is 6.13. The van der Waals surface area contributed by atoms with Crippen molar-refractivity contribution in [2.24, 2.45) is 0 Å². The molecule has 6 aromatic carbocycles. The minimum absolute atomic E-state index is 0.524. The lowest BCUT2D eigenvalue weighted by Gasteiger charge is -2.20. The van der Waals surface area contributed by atoms with Crippen molar-refractivity contribution in [1.82, 2.24) is 9.13 Å². The lowest BCUT2D eigenvalue weighted by Crippen LogP contribution is -2.02. The van der Waals surface area contributed by atoms with Gasteiger partial charge in [-0.3, -0.25) is 0 Å². The molecule has 0 aliphatic heterocycles. The first kappa shape index (κ1) is 30.9. The lowest BCUT2D eigenvalue weighted by atomic mass is 9.89. The minimum atomic E-state index is 0.524. The summed E-state index contributed by atoms with van der Waals surface area (Å²) in [4.78, 5) is 0. The number of rotatable bonds is 6. The molecule has 0 bridgehead atoms. The molecule has 0 unspecified atom stereocenters. The zero-order chi connectivity index (χ0) is 35.1. The Morgan fingerprint density at radius 1 is 0.569 bits per heavy atom. The van der Waals surface area contributed by atoms with Crippen LogP contribution in [-0.4, -0.2) is 9.13 Å². The molecule has 238 valence electrons. The highest BCUT2D eigenvalue weighted by molar-refractivity contribution is 6.13. The number of aromatic nitrogens is 2. The Hall–Kier alpha value is -7.39. The molecule has 0 spiro atoms. The Balaban J connectivity index is 1.36. The summed E-state index contributed by atoms with van der Waals surface area (Å²) in [7, 11) is 0. The van der Waals surface area contributed by atoms with E-state index in [4.69, 9.17) is 0 Å². The van der Waals surface area contributed by atoms with E-state index < -0.39 is 0 Å². The average molecular weight is 652 g/mol. The fraction of sp³-hybridized carbons (Fsp3) is 0.0217. The largest absolute Gasteiger partial charge is 0.309 e. The molecule has 0 fully saturated rings. The number of hydrogen-bond donors (Lipinski definition) is 0. The number of nitrogens with zero attached hydrogens (tertiary/aromatic N) is 5. The first-order chi connectivity index (χ1) is 25.1. The zero-order valence-corrected chi connectivity index (χ0v) is 27.8. The quantitative estimate of drug-likeness (QED) is 0.168. The third kappa shape index (κ3) is 4.83. The molecule has 5 heteroatoms. The van der Waals surface area contributed by atoms with Crippen molar-refractivity contribution in [3.8, 4) is 29.6 Å². The Morgan fingerprint density at radius 2 is 1.24 bits per heavy atom. The third-order valence-corrected chi connectivity index (χ3v) is 9.59. The summed E-state index contributed by atoms with van der Waals surface area (Å²) in [6, 6.07) is 49.2. The van der Waals surface area contributed by atoms with E-state index >= 15 is 0 Å². The smallest absolute Gasteiger partial charge is 0.101 e. The molecule has 0 atom stereocenters. The van der Waals surface area contributed by atoms with Gasteiger partial charge in [0.25, 0.3) is 0 Å². The van der Waals surface area contributed by atoms with Gasteiger partial charge in [-0.2, -0.15) is 15.8 Å². The van der Waals surface area contributed by atoms with Gasteiger partial charge in [0.2, 0.25) is 0 Å². The average Bonchev–Trinajstić information content (AvgIpc) is 3.70. The van der Waals surface area contributed by atoms with Crippen molar-refractivity contribution in [2.45, 2.75) is 6.92 Å². The Morgan fingerprint density at radius 3 is 1.98 bits per heavy atom. The monoisotopic (exact) mass is 651 g/mol. The highest BCUT2D eigenvalue weighted by Crippen LogP contribution is 2.41. The van der Waals surface area contributed by atoms with Gasteiger partial charge in [0, 0.05) is 27.1 Å². The van der Waals surface area contributed by atoms with Crippen LogP contribution in [0, 0.1) is 34.0 Å². The molecule has 5 nitrogen and oxygen atoms in total. The van der Waals surface area contributed by atoms with Gasteiger partial charge in [0.15, 0.2) is 0 Å². The maximum absolute atomic E-state index is 10.4. The van der Waals surface area contributed by atoms with E-state index in [1.54, 1.807) is 0 Å². The van der Waals surface area contributed by atoms with Crippen LogP contribution in [0.25, 0.3) is 66.1 Å². The Labute approximate surface area is 295 Å². The second-order valence-electron chi connectivity index (χ2n) is 12.2. The van der Waals surface area contributed by atoms with Gasteiger partial charge in [-0.15, -0.1) is 0 Å². The molecule has 0 aliphatic carbocycles.